The fourth-order valence-electron chi connectivity index (χ4n) is 2.98. The van der Waals surface area contributed by atoms with Crippen LogP contribution in [0.3, 0.4) is 0 Å². The molecule has 0 aliphatic carbocycles. The number of hydrogen-bond donors (Lipinski definition) is 3. The molecule has 4 N–H and O–H groups in total. The Hall–Kier alpha value is -3.12. The van der Waals surface area contributed by atoms with E-state index in [9.17, 15) is 26.4 Å². The number of sulfone groups is 1. The minimum Gasteiger partial charge on any atom is -0.443 e. The zero-order valence-corrected chi connectivity index (χ0v) is 16.8. The fraction of sp³-hybridized carbons (Fsp3) is 0.263. The van der Waals surface area contributed by atoms with E-state index in [2.05, 4.69) is 5.32 Å². The van der Waals surface area contributed by atoms with Crippen LogP contribution in [0.15, 0.2) is 53.4 Å². The standard InChI is InChI=1S/C19H19F3N4O4S/c20-19(21,22)13-4-2-6-16(8-13)31(28,29)11-25-9-15-10-26(18(27)30-15)14-5-1-3-12(7-14)17(23)24/h1-8,15,25H,9-11H2,(H3,23,24). The fourth-order valence-corrected chi connectivity index (χ4v) is 4.13. The van der Waals surface area contributed by atoms with Crippen molar-refractivity contribution < 1.29 is 31.1 Å². The third-order valence-electron chi connectivity index (χ3n) is 4.53. The van der Waals surface area contributed by atoms with Gasteiger partial charge in [0.1, 0.15) is 17.8 Å². The number of halogens is 3. The number of carbonyl (C=O) groups excluding carboxylic acids is 1. The number of rotatable bonds is 7. The van der Waals surface area contributed by atoms with Crippen molar-refractivity contribution in [2.75, 3.05) is 23.9 Å². The number of nitrogen functional groups attached to an aromatic ring is 1. The van der Waals surface area contributed by atoms with Gasteiger partial charge >= 0.3 is 12.3 Å². The van der Waals surface area contributed by atoms with Crippen molar-refractivity contribution in [2.45, 2.75) is 17.2 Å². The van der Waals surface area contributed by atoms with Crippen LogP contribution >= 0.6 is 0 Å². The Morgan fingerprint density at radius 1 is 1.23 bits per heavy atom. The normalized spacial score (nSPS) is 16.9. The van der Waals surface area contributed by atoms with Crippen molar-refractivity contribution in [1.29, 1.82) is 5.41 Å². The van der Waals surface area contributed by atoms with Crippen molar-refractivity contribution in [3.63, 3.8) is 0 Å². The lowest BCUT2D eigenvalue weighted by atomic mass is 10.1. The largest absolute Gasteiger partial charge is 0.443 e. The number of anilines is 1. The van der Waals surface area contributed by atoms with Crippen LogP contribution in [0, 0.1) is 5.41 Å². The molecule has 1 unspecified atom stereocenters. The van der Waals surface area contributed by atoms with E-state index in [1.165, 1.54) is 4.90 Å². The van der Waals surface area contributed by atoms with E-state index >= 15 is 0 Å². The highest BCUT2D eigenvalue weighted by molar-refractivity contribution is 7.91. The summed E-state index contributed by atoms with van der Waals surface area (Å²) in [4.78, 5) is 13.0. The number of benzene rings is 2. The van der Waals surface area contributed by atoms with Gasteiger partial charge in [-0.05, 0) is 30.3 Å². The number of carbonyl (C=O) groups is 1. The van der Waals surface area contributed by atoms with Gasteiger partial charge in [0, 0.05) is 17.8 Å². The Kier molecular flexibility index (Phi) is 6.23. The van der Waals surface area contributed by atoms with Crippen LogP contribution in [-0.4, -0.2) is 45.4 Å². The Balaban J connectivity index is 1.61. The van der Waals surface area contributed by atoms with Gasteiger partial charge in [-0.2, -0.15) is 13.2 Å². The summed E-state index contributed by atoms with van der Waals surface area (Å²) in [6.45, 7) is 0.101. The van der Waals surface area contributed by atoms with Crippen LogP contribution in [0.4, 0.5) is 23.7 Å². The zero-order valence-electron chi connectivity index (χ0n) is 16.0. The molecule has 166 valence electrons. The summed E-state index contributed by atoms with van der Waals surface area (Å²) in [7, 11) is -4.03. The number of nitrogens with one attached hydrogen (secondary N) is 2. The number of amides is 1. The molecular formula is C19H19F3N4O4S. The Bertz CT molecular complexity index is 1110. The first-order valence-corrected chi connectivity index (χ1v) is 10.7. The first-order valence-electron chi connectivity index (χ1n) is 9.01. The molecule has 0 bridgehead atoms. The van der Waals surface area contributed by atoms with Crippen LogP contribution in [0.2, 0.25) is 0 Å². The second-order valence-electron chi connectivity index (χ2n) is 6.82. The van der Waals surface area contributed by atoms with Crippen LogP contribution < -0.4 is 16.0 Å². The highest BCUT2D eigenvalue weighted by Crippen LogP contribution is 2.30. The van der Waals surface area contributed by atoms with Gasteiger partial charge in [0.25, 0.3) is 0 Å². The molecular weight excluding hydrogens is 437 g/mol. The summed E-state index contributed by atoms with van der Waals surface area (Å²) in [6, 6.07) is 9.93. The summed E-state index contributed by atoms with van der Waals surface area (Å²) in [6.07, 6.45) is -5.97. The third kappa shape index (κ3) is 5.33. The van der Waals surface area contributed by atoms with Crippen LogP contribution in [0.25, 0.3) is 0 Å². The molecule has 1 saturated heterocycles. The summed E-state index contributed by atoms with van der Waals surface area (Å²) in [5, 5.41) is 10.1. The minimum absolute atomic E-state index is 0.0210. The topological polar surface area (TPSA) is 126 Å². The van der Waals surface area contributed by atoms with Gasteiger partial charge < -0.3 is 10.5 Å². The average molecular weight is 456 g/mol. The van der Waals surface area contributed by atoms with E-state index in [-0.39, 0.29) is 18.9 Å². The first kappa shape index (κ1) is 22.6. The predicted molar refractivity (Wildman–Crippen MR) is 107 cm³/mol. The smallest absolute Gasteiger partial charge is 0.416 e. The van der Waals surface area contributed by atoms with E-state index in [4.69, 9.17) is 15.9 Å². The van der Waals surface area contributed by atoms with Gasteiger partial charge in [-0.25, -0.2) is 13.2 Å². The quantitative estimate of drug-likeness (QED) is 0.434. The summed E-state index contributed by atoms with van der Waals surface area (Å²) >= 11 is 0. The zero-order chi connectivity index (χ0) is 22.8. The van der Waals surface area contributed by atoms with Gasteiger partial charge in [0.05, 0.1) is 17.0 Å². The predicted octanol–water partition coefficient (Wildman–Crippen LogP) is 2.34. The molecule has 1 heterocycles. The third-order valence-corrected chi connectivity index (χ3v) is 6.08. The number of alkyl halides is 3. The number of nitrogens with zero attached hydrogens (tertiary/aromatic N) is 1. The molecule has 3 rings (SSSR count). The molecule has 31 heavy (non-hydrogen) atoms. The van der Waals surface area contributed by atoms with Crippen LogP contribution in [-0.2, 0) is 20.8 Å². The van der Waals surface area contributed by atoms with Crippen molar-refractivity contribution >= 4 is 27.5 Å². The van der Waals surface area contributed by atoms with E-state index < -0.39 is 44.5 Å². The van der Waals surface area contributed by atoms with Crippen molar-refractivity contribution in [1.82, 2.24) is 5.32 Å². The van der Waals surface area contributed by atoms with Crippen LogP contribution in [0.5, 0.6) is 0 Å². The molecule has 2 aromatic rings. The molecule has 1 atom stereocenters. The summed E-state index contributed by atoms with van der Waals surface area (Å²) in [5.41, 5.74) is 5.30. The minimum atomic E-state index is -4.65. The Morgan fingerprint density at radius 3 is 2.61 bits per heavy atom. The van der Waals surface area contributed by atoms with E-state index in [0.29, 0.717) is 17.3 Å². The van der Waals surface area contributed by atoms with Crippen molar-refractivity contribution in [2.24, 2.45) is 5.73 Å². The van der Waals surface area contributed by atoms with Gasteiger partial charge in [-0.3, -0.25) is 15.6 Å². The molecule has 8 nitrogen and oxygen atoms in total. The number of amidine groups is 1. The number of ether oxygens (including phenoxy) is 1. The van der Waals surface area contributed by atoms with Crippen LogP contribution in [0.1, 0.15) is 11.1 Å². The van der Waals surface area contributed by atoms with Crippen molar-refractivity contribution in [3.8, 4) is 0 Å². The molecule has 0 saturated carbocycles. The Morgan fingerprint density at radius 2 is 1.94 bits per heavy atom. The van der Waals surface area contributed by atoms with E-state index in [1.807, 2.05) is 0 Å². The maximum absolute atomic E-state index is 12.8. The SMILES string of the molecule is N=C(N)c1cccc(N2CC(CNCS(=O)(=O)c3cccc(C(F)(F)F)c3)OC2=O)c1. The number of hydrogen-bond acceptors (Lipinski definition) is 6. The lowest BCUT2D eigenvalue weighted by Crippen LogP contribution is -2.34. The van der Waals surface area contributed by atoms with Gasteiger partial charge in [-0.1, -0.05) is 18.2 Å². The van der Waals surface area contributed by atoms with Gasteiger partial charge in [0.2, 0.25) is 0 Å². The molecule has 1 aliphatic rings. The monoisotopic (exact) mass is 456 g/mol. The van der Waals surface area contributed by atoms with E-state index in [1.54, 1.807) is 24.3 Å². The highest BCUT2D eigenvalue weighted by atomic mass is 32.2. The summed E-state index contributed by atoms with van der Waals surface area (Å²) in [5.74, 6) is -0.783. The molecule has 0 aromatic heterocycles. The molecule has 12 heteroatoms. The molecule has 1 aliphatic heterocycles. The second-order valence-corrected chi connectivity index (χ2v) is 8.81. The average Bonchev–Trinajstić information content (AvgIpc) is 3.08. The second kappa shape index (κ2) is 8.55. The number of nitrogens with two attached hydrogens (primary N) is 1. The maximum atomic E-state index is 12.8. The van der Waals surface area contributed by atoms with Gasteiger partial charge in [0.15, 0.2) is 9.84 Å². The van der Waals surface area contributed by atoms with Crippen molar-refractivity contribution in [3.05, 3.63) is 59.7 Å². The molecule has 0 radical (unpaired) electrons. The number of cyclic esters (lactones) is 1. The lowest BCUT2D eigenvalue weighted by Gasteiger charge is -2.14. The molecule has 1 fully saturated rings. The van der Waals surface area contributed by atoms with Gasteiger partial charge in [-0.15, -0.1) is 0 Å². The maximum Gasteiger partial charge on any atom is 0.416 e. The first-order chi connectivity index (χ1) is 14.5. The lowest BCUT2D eigenvalue weighted by molar-refractivity contribution is -0.137. The summed E-state index contributed by atoms with van der Waals surface area (Å²) < 4.78 is 68.4. The molecule has 2 aromatic carbocycles. The van der Waals surface area contributed by atoms with E-state index in [0.717, 1.165) is 18.2 Å². The Labute approximate surface area is 176 Å². The highest BCUT2D eigenvalue weighted by Gasteiger charge is 2.33. The molecule has 0 spiro atoms. The molecule has 1 amide bonds.